The van der Waals surface area contributed by atoms with Crippen LogP contribution >= 0.6 is 0 Å². The minimum absolute atomic E-state index is 0.316. The summed E-state index contributed by atoms with van der Waals surface area (Å²) in [5.74, 6) is -0.565. The number of hydrogen-bond donors (Lipinski definition) is 0. The van der Waals surface area contributed by atoms with Crippen LogP contribution < -0.4 is 0 Å². The van der Waals surface area contributed by atoms with Gasteiger partial charge in [0.1, 0.15) is 17.2 Å². The second kappa shape index (κ2) is 3.76. The van der Waals surface area contributed by atoms with Crippen molar-refractivity contribution in [1.29, 1.82) is 5.26 Å². The van der Waals surface area contributed by atoms with Gasteiger partial charge in [0, 0.05) is 0 Å². The van der Waals surface area contributed by atoms with E-state index in [-0.39, 0.29) is 0 Å². The summed E-state index contributed by atoms with van der Waals surface area (Å²) in [4.78, 5) is 11.1. The van der Waals surface area contributed by atoms with Crippen molar-refractivity contribution in [2.24, 2.45) is 0 Å². The lowest BCUT2D eigenvalue weighted by Crippen LogP contribution is -2.04. The molecule has 0 aliphatic carbocycles. The summed E-state index contributed by atoms with van der Waals surface area (Å²) in [5.41, 5.74) is 0.316. The summed E-state index contributed by atoms with van der Waals surface area (Å²) in [5, 5.41) is 8.62. The molecule has 0 aliphatic rings. The average molecular weight is 179 g/mol. The van der Waals surface area contributed by atoms with E-state index < -0.39 is 11.9 Å². The number of carbonyl (C=O) groups excluding carboxylic acids is 1. The maximum Gasteiger partial charge on any atom is 0.341 e. The smallest absolute Gasteiger partial charge is 0.341 e. The molecule has 0 N–H and O–H groups in total. The van der Waals surface area contributed by atoms with Crippen LogP contribution in [-0.4, -0.2) is 13.1 Å². The van der Waals surface area contributed by atoms with Crippen LogP contribution in [0.25, 0.3) is 0 Å². The van der Waals surface area contributed by atoms with Crippen molar-refractivity contribution in [3.8, 4) is 6.07 Å². The highest BCUT2D eigenvalue weighted by Crippen LogP contribution is 2.20. The molecule has 0 radical (unpaired) electrons. The van der Waals surface area contributed by atoms with Crippen molar-refractivity contribution in [2.75, 3.05) is 7.11 Å². The Morgan fingerprint density at radius 3 is 3.00 bits per heavy atom. The topological polar surface area (TPSA) is 63.2 Å². The van der Waals surface area contributed by atoms with E-state index >= 15 is 0 Å². The van der Waals surface area contributed by atoms with Crippen LogP contribution in [0.5, 0.6) is 0 Å². The summed E-state index contributed by atoms with van der Waals surface area (Å²) in [6.07, 6.45) is 1.37. The van der Waals surface area contributed by atoms with E-state index in [1.165, 1.54) is 19.4 Å². The van der Waals surface area contributed by atoms with Gasteiger partial charge in [0.2, 0.25) is 0 Å². The molecule has 68 valence electrons. The molecule has 1 aromatic heterocycles. The fourth-order valence-corrected chi connectivity index (χ4v) is 0.994. The molecule has 4 heteroatoms. The summed E-state index contributed by atoms with van der Waals surface area (Å²) in [6.45, 7) is 1.66. The van der Waals surface area contributed by atoms with E-state index in [1.807, 2.05) is 6.07 Å². The zero-order valence-corrected chi connectivity index (χ0v) is 7.40. The highest BCUT2D eigenvalue weighted by atomic mass is 16.5. The molecular weight excluding hydrogens is 170 g/mol. The minimum Gasteiger partial charge on any atom is -0.467 e. The van der Waals surface area contributed by atoms with E-state index in [2.05, 4.69) is 4.74 Å². The van der Waals surface area contributed by atoms with Crippen LogP contribution in [0.1, 0.15) is 29.0 Å². The second-order valence-electron chi connectivity index (χ2n) is 2.54. The molecule has 0 saturated carbocycles. The van der Waals surface area contributed by atoms with Crippen molar-refractivity contribution in [3.63, 3.8) is 0 Å². The number of hydrogen-bond acceptors (Lipinski definition) is 4. The number of esters is 1. The van der Waals surface area contributed by atoms with Crippen molar-refractivity contribution < 1.29 is 13.9 Å². The molecule has 1 unspecified atom stereocenters. The molecular formula is C9H9NO3. The molecule has 1 atom stereocenters. The third kappa shape index (κ3) is 1.70. The number of furan rings is 1. The van der Waals surface area contributed by atoms with E-state index in [0.29, 0.717) is 11.3 Å². The van der Waals surface area contributed by atoms with Gasteiger partial charge in [0.25, 0.3) is 0 Å². The number of ether oxygens (including phenoxy) is 1. The Labute approximate surface area is 75.7 Å². The lowest BCUT2D eigenvalue weighted by Gasteiger charge is -2.00. The van der Waals surface area contributed by atoms with Gasteiger partial charge in [-0.15, -0.1) is 0 Å². The predicted octanol–water partition coefficient (Wildman–Crippen LogP) is 1.69. The lowest BCUT2D eigenvalue weighted by atomic mass is 10.1. The van der Waals surface area contributed by atoms with Gasteiger partial charge >= 0.3 is 5.97 Å². The summed E-state index contributed by atoms with van der Waals surface area (Å²) in [6, 6.07) is 3.48. The molecule has 0 amide bonds. The maximum atomic E-state index is 11.1. The molecule has 1 aromatic rings. The normalized spacial score (nSPS) is 11.8. The molecule has 4 nitrogen and oxygen atoms in total. The molecule has 13 heavy (non-hydrogen) atoms. The van der Waals surface area contributed by atoms with Gasteiger partial charge in [0.05, 0.1) is 19.4 Å². The molecule has 0 spiro atoms. The van der Waals surface area contributed by atoms with Gasteiger partial charge in [-0.3, -0.25) is 0 Å². The van der Waals surface area contributed by atoms with E-state index in [4.69, 9.17) is 9.68 Å². The Kier molecular flexibility index (Phi) is 2.70. The molecule has 1 rings (SSSR count). The lowest BCUT2D eigenvalue weighted by molar-refractivity contribution is 0.0598. The van der Waals surface area contributed by atoms with E-state index in [1.54, 1.807) is 6.92 Å². The molecule has 0 saturated heterocycles. The van der Waals surface area contributed by atoms with Crippen LogP contribution in [0.3, 0.4) is 0 Å². The van der Waals surface area contributed by atoms with Crippen molar-refractivity contribution in [2.45, 2.75) is 12.8 Å². The van der Waals surface area contributed by atoms with Gasteiger partial charge in [0.15, 0.2) is 0 Å². The first-order valence-electron chi connectivity index (χ1n) is 3.76. The maximum absolute atomic E-state index is 11.1. The first kappa shape index (κ1) is 9.33. The van der Waals surface area contributed by atoms with Crippen LogP contribution in [0.4, 0.5) is 0 Å². The van der Waals surface area contributed by atoms with Crippen molar-refractivity contribution in [1.82, 2.24) is 0 Å². The first-order chi connectivity index (χ1) is 6.20. The van der Waals surface area contributed by atoms with Gasteiger partial charge in [-0.2, -0.15) is 5.26 Å². The fourth-order valence-electron chi connectivity index (χ4n) is 0.994. The number of methoxy groups -OCH3 is 1. The van der Waals surface area contributed by atoms with E-state index in [9.17, 15) is 4.79 Å². The number of nitriles is 1. The Balaban J connectivity index is 3.04. The Hall–Kier alpha value is -1.76. The van der Waals surface area contributed by atoms with Crippen molar-refractivity contribution in [3.05, 3.63) is 23.7 Å². The summed E-state index contributed by atoms with van der Waals surface area (Å²) >= 11 is 0. The SMILES string of the molecule is COC(=O)c1ccoc1C(C)C#N. The standard InChI is InChI=1S/C9H9NO3/c1-6(5-10)8-7(3-4-13-8)9(11)12-2/h3-4,6H,1-2H3. The predicted molar refractivity (Wildman–Crippen MR) is 44.1 cm³/mol. The molecule has 0 bridgehead atoms. The Morgan fingerprint density at radius 1 is 1.77 bits per heavy atom. The molecule has 0 fully saturated rings. The monoisotopic (exact) mass is 179 g/mol. The highest BCUT2D eigenvalue weighted by molar-refractivity contribution is 5.90. The molecule has 0 aliphatic heterocycles. The van der Waals surface area contributed by atoms with Gasteiger partial charge < -0.3 is 9.15 Å². The quantitative estimate of drug-likeness (QED) is 0.648. The van der Waals surface area contributed by atoms with Crippen LogP contribution in [0.2, 0.25) is 0 Å². The number of carbonyl (C=O) groups is 1. The van der Waals surface area contributed by atoms with Crippen LogP contribution in [0.15, 0.2) is 16.7 Å². The second-order valence-corrected chi connectivity index (χ2v) is 2.54. The van der Waals surface area contributed by atoms with Crippen LogP contribution in [-0.2, 0) is 4.74 Å². The van der Waals surface area contributed by atoms with E-state index in [0.717, 1.165) is 0 Å². The largest absolute Gasteiger partial charge is 0.467 e. The zero-order chi connectivity index (χ0) is 9.84. The van der Waals surface area contributed by atoms with Crippen LogP contribution in [0, 0.1) is 11.3 Å². The Morgan fingerprint density at radius 2 is 2.46 bits per heavy atom. The van der Waals surface area contributed by atoms with Crippen molar-refractivity contribution >= 4 is 5.97 Å². The summed E-state index contributed by atoms with van der Waals surface area (Å²) < 4.78 is 9.54. The third-order valence-electron chi connectivity index (χ3n) is 1.69. The average Bonchev–Trinajstić information content (AvgIpc) is 2.63. The third-order valence-corrected chi connectivity index (χ3v) is 1.69. The van der Waals surface area contributed by atoms with Gasteiger partial charge in [-0.05, 0) is 13.0 Å². The molecule has 0 aromatic carbocycles. The zero-order valence-electron chi connectivity index (χ0n) is 7.40. The first-order valence-corrected chi connectivity index (χ1v) is 3.76. The molecule has 1 heterocycles. The van der Waals surface area contributed by atoms with Gasteiger partial charge in [-0.1, -0.05) is 0 Å². The summed E-state index contributed by atoms with van der Waals surface area (Å²) in [7, 11) is 1.29. The number of nitrogens with zero attached hydrogens (tertiary/aromatic N) is 1. The number of rotatable bonds is 2. The minimum atomic E-state index is -0.481. The highest BCUT2D eigenvalue weighted by Gasteiger charge is 2.19. The fraction of sp³-hybridized carbons (Fsp3) is 0.333. The van der Waals surface area contributed by atoms with Gasteiger partial charge in [-0.25, -0.2) is 4.79 Å². The Bertz CT molecular complexity index is 348.